The molecule has 0 nitrogen and oxygen atoms in total. The first-order valence-corrected chi connectivity index (χ1v) is 6.30. The Morgan fingerprint density at radius 2 is 1.54 bits per heavy atom. The smallest absolute Gasteiger partial charge is 0.0110 e. The molecule has 1 aliphatic rings. The molecule has 70 valence electrons. The van der Waals surface area contributed by atoms with E-state index in [1.165, 1.54) is 25.7 Å². The van der Waals surface area contributed by atoms with Crippen LogP contribution in [0.15, 0.2) is 30.3 Å². The quantitative estimate of drug-likeness (QED) is 0.537. The maximum atomic E-state index is 2.59. The average molecular weight is 286 g/mol. The molecule has 0 saturated heterocycles. The monoisotopic (exact) mass is 286 g/mol. The molecule has 0 N–H and O–H groups in total. The van der Waals surface area contributed by atoms with Gasteiger partial charge in [0.25, 0.3) is 0 Å². The van der Waals surface area contributed by atoms with Gasteiger partial charge in [-0.15, -0.1) is 0 Å². The van der Waals surface area contributed by atoms with Gasteiger partial charge in [-0.3, -0.25) is 0 Å². The van der Waals surface area contributed by atoms with Crippen molar-refractivity contribution in [2.75, 3.05) is 0 Å². The van der Waals surface area contributed by atoms with Gasteiger partial charge in [0.2, 0.25) is 0 Å². The zero-order chi connectivity index (χ0) is 9.10. The van der Waals surface area contributed by atoms with Gasteiger partial charge in [0.1, 0.15) is 0 Å². The van der Waals surface area contributed by atoms with Crippen molar-refractivity contribution in [1.82, 2.24) is 0 Å². The summed E-state index contributed by atoms with van der Waals surface area (Å²) in [7, 11) is 0. The van der Waals surface area contributed by atoms with Crippen LogP contribution in [-0.2, 0) is 0 Å². The van der Waals surface area contributed by atoms with Crippen molar-refractivity contribution in [1.29, 1.82) is 0 Å². The Morgan fingerprint density at radius 1 is 0.923 bits per heavy atom. The predicted octanol–water partition coefficient (Wildman–Crippen LogP) is 4.15. The molecule has 0 bridgehead atoms. The molecule has 0 spiro atoms. The highest BCUT2D eigenvalue weighted by atomic mass is 127. The van der Waals surface area contributed by atoms with Crippen LogP contribution < -0.4 is 0 Å². The molecule has 0 aliphatic heterocycles. The highest BCUT2D eigenvalue weighted by Crippen LogP contribution is 2.35. The second kappa shape index (κ2) is 4.45. The van der Waals surface area contributed by atoms with Crippen LogP contribution in [0.2, 0.25) is 0 Å². The maximum absolute atomic E-state index is 2.59. The molecule has 1 aliphatic carbocycles. The fraction of sp³-hybridized carbons (Fsp3) is 0.500. The second-order valence-electron chi connectivity index (χ2n) is 3.86. The summed E-state index contributed by atoms with van der Waals surface area (Å²) in [5.41, 5.74) is 1.55. The van der Waals surface area contributed by atoms with E-state index >= 15 is 0 Å². The van der Waals surface area contributed by atoms with Gasteiger partial charge in [0, 0.05) is 3.92 Å². The van der Waals surface area contributed by atoms with Gasteiger partial charge in [0.05, 0.1) is 0 Å². The zero-order valence-electron chi connectivity index (χ0n) is 7.75. The molecule has 0 atom stereocenters. The van der Waals surface area contributed by atoms with Crippen molar-refractivity contribution in [3.63, 3.8) is 0 Å². The Bertz CT molecular complexity index is 247. The first kappa shape index (κ1) is 9.50. The van der Waals surface area contributed by atoms with Crippen molar-refractivity contribution in [2.24, 2.45) is 0 Å². The lowest BCUT2D eigenvalue weighted by molar-refractivity contribution is 0.462. The van der Waals surface area contributed by atoms with E-state index in [9.17, 15) is 0 Å². The number of hydrogen-bond donors (Lipinski definition) is 0. The Kier molecular flexibility index (Phi) is 3.25. The summed E-state index contributed by atoms with van der Waals surface area (Å²) in [6.07, 6.45) is 5.58. The summed E-state index contributed by atoms with van der Waals surface area (Å²) >= 11 is 2.59. The van der Waals surface area contributed by atoms with Crippen molar-refractivity contribution in [3.05, 3.63) is 35.9 Å². The van der Waals surface area contributed by atoms with E-state index in [-0.39, 0.29) is 0 Å². The standard InChI is InChI=1S/C12H15I/c13-12-8-6-11(7-9-12)10-4-2-1-3-5-10/h1-5,11-12H,6-9H2. The van der Waals surface area contributed by atoms with Crippen molar-refractivity contribution in [2.45, 2.75) is 35.5 Å². The first-order chi connectivity index (χ1) is 6.36. The van der Waals surface area contributed by atoms with Crippen LogP contribution in [0.3, 0.4) is 0 Å². The molecule has 2 rings (SSSR count). The fourth-order valence-electron chi connectivity index (χ4n) is 2.11. The number of benzene rings is 1. The zero-order valence-corrected chi connectivity index (χ0v) is 9.91. The summed E-state index contributed by atoms with van der Waals surface area (Å²) in [5.74, 6) is 0.840. The predicted molar refractivity (Wildman–Crippen MR) is 65.5 cm³/mol. The molecule has 1 saturated carbocycles. The third kappa shape index (κ3) is 2.46. The van der Waals surface area contributed by atoms with E-state index in [1.54, 1.807) is 5.56 Å². The third-order valence-electron chi connectivity index (χ3n) is 2.93. The molecule has 1 fully saturated rings. The van der Waals surface area contributed by atoms with Gasteiger partial charge in [-0.1, -0.05) is 52.9 Å². The Labute approximate surface area is 93.9 Å². The topological polar surface area (TPSA) is 0 Å². The number of alkyl halides is 1. The van der Waals surface area contributed by atoms with Gasteiger partial charge in [0.15, 0.2) is 0 Å². The minimum atomic E-state index is 0.840. The summed E-state index contributed by atoms with van der Waals surface area (Å²) in [4.78, 5) is 0. The summed E-state index contributed by atoms with van der Waals surface area (Å²) < 4.78 is 0.928. The molecule has 1 heteroatoms. The number of hydrogen-bond acceptors (Lipinski definition) is 0. The largest absolute Gasteiger partial charge is 0.0826 e. The van der Waals surface area contributed by atoms with Gasteiger partial charge in [-0.2, -0.15) is 0 Å². The minimum absolute atomic E-state index is 0.840. The molecular weight excluding hydrogens is 271 g/mol. The Hall–Kier alpha value is -0.0500. The van der Waals surface area contributed by atoms with Gasteiger partial charge in [-0.05, 0) is 37.2 Å². The van der Waals surface area contributed by atoms with E-state index in [1.807, 2.05) is 0 Å². The lowest BCUT2D eigenvalue weighted by Gasteiger charge is -2.25. The Morgan fingerprint density at radius 3 is 2.15 bits per heavy atom. The summed E-state index contributed by atoms with van der Waals surface area (Å²) in [5, 5.41) is 0. The lowest BCUT2D eigenvalue weighted by atomic mass is 9.84. The molecule has 13 heavy (non-hydrogen) atoms. The first-order valence-electron chi connectivity index (χ1n) is 5.05. The van der Waals surface area contributed by atoms with Gasteiger partial charge < -0.3 is 0 Å². The molecule has 0 aromatic heterocycles. The molecule has 0 radical (unpaired) electrons. The lowest BCUT2D eigenvalue weighted by Crippen LogP contribution is -2.12. The summed E-state index contributed by atoms with van der Waals surface area (Å²) in [6, 6.07) is 11.0. The van der Waals surface area contributed by atoms with Crippen LogP contribution in [0.1, 0.15) is 37.2 Å². The third-order valence-corrected chi connectivity index (χ3v) is 4.17. The van der Waals surface area contributed by atoms with E-state index in [0.717, 1.165) is 9.84 Å². The molecule has 0 heterocycles. The van der Waals surface area contributed by atoms with Crippen molar-refractivity contribution in [3.8, 4) is 0 Å². The number of rotatable bonds is 1. The summed E-state index contributed by atoms with van der Waals surface area (Å²) in [6.45, 7) is 0. The van der Waals surface area contributed by atoms with Gasteiger partial charge >= 0.3 is 0 Å². The SMILES string of the molecule is IC1CCC(c2ccccc2)CC1. The van der Waals surface area contributed by atoms with Gasteiger partial charge in [-0.25, -0.2) is 0 Å². The number of halogens is 1. The maximum Gasteiger partial charge on any atom is 0.0110 e. The van der Waals surface area contributed by atoms with Crippen LogP contribution in [-0.4, -0.2) is 3.92 Å². The van der Waals surface area contributed by atoms with Crippen LogP contribution in [0.5, 0.6) is 0 Å². The highest BCUT2D eigenvalue weighted by molar-refractivity contribution is 14.1. The normalized spacial score (nSPS) is 28.7. The molecule has 0 unspecified atom stereocenters. The second-order valence-corrected chi connectivity index (χ2v) is 5.62. The van der Waals surface area contributed by atoms with Crippen LogP contribution in [0.4, 0.5) is 0 Å². The minimum Gasteiger partial charge on any atom is -0.0826 e. The van der Waals surface area contributed by atoms with Crippen molar-refractivity contribution < 1.29 is 0 Å². The molecule has 1 aromatic rings. The molecule has 0 amide bonds. The van der Waals surface area contributed by atoms with Crippen LogP contribution in [0, 0.1) is 0 Å². The van der Waals surface area contributed by atoms with Crippen molar-refractivity contribution >= 4 is 22.6 Å². The Balaban J connectivity index is 2.03. The molecule has 1 aromatic carbocycles. The average Bonchev–Trinajstić information content (AvgIpc) is 2.20. The van der Waals surface area contributed by atoms with E-state index in [0.29, 0.717) is 0 Å². The fourth-order valence-corrected chi connectivity index (χ4v) is 2.83. The molecular formula is C12H15I. The van der Waals surface area contributed by atoms with Crippen LogP contribution >= 0.6 is 22.6 Å². The van der Waals surface area contributed by atoms with E-state index in [2.05, 4.69) is 52.9 Å². The highest BCUT2D eigenvalue weighted by Gasteiger charge is 2.19. The van der Waals surface area contributed by atoms with E-state index in [4.69, 9.17) is 0 Å². The van der Waals surface area contributed by atoms with Crippen LogP contribution in [0.25, 0.3) is 0 Å². The van der Waals surface area contributed by atoms with E-state index < -0.39 is 0 Å².